The Morgan fingerprint density at radius 1 is 1.41 bits per heavy atom. The smallest absolute Gasteiger partial charge is 0.195 e. The fraction of sp³-hybridized carbons (Fsp3) is 0.273. The van der Waals surface area contributed by atoms with Gasteiger partial charge in [-0.3, -0.25) is 0 Å². The van der Waals surface area contributed by atoms with Crippen molar-refractivity contribution in [1.29, 1.82) is 0 Å². The maximum Gasteiger partial charge on any atom is 0.195 e. The van der Waals surface area contributed by atoms with Crippen molar-refractivity contribution in [3.63, 3.8) is 0 Å². The predicted octanol–water partition coefficient (Wildman–Crippen LogP) is 2.42. The summed E-state index contributed by atoms with van der Waals surface area (Å²) in [5.41, 5.74) is 0.722. The second-order valence-corrected chi connectivity index (χ2v) is 4.98. The molecule has 6 heteroatoms. The maximum atomic E-state index is 9.31. The summed E-state index contributed by atoms with van der Waals surface area (Å²) in [5.74, 6) is 0.847. The first-order chi connectivity index (χ1) is 8.13. The number of aliphatic hydroxyl groups excluding tert-OH is 1. The zero-order chi connectivity index (χ0) is 12.4. The van der Waals surface area contributed by atoms with Gasteiger partial charge in [-0.15, -0.1) is 10.2 Å². The van der Waals surface area contributed by atoms with Crippen LogP contribution in [-0.2, 0) is 13.7 Å². The highest BCUT2D eigenvalue weighted by atomic mass is 35.5. The highest BCUT2D eigenvalue weighted by Gasteiger charge is 2.11. The number of halogens is 1. The molecule has 0 bridgehead atoms. The van der Waals surface area contributed by atoms with E-state index in [1.807, 2.05) is 30.7 Å². The van der Waals surface area contributed by atoms with E-state index in [-0.39, 0.29) is 6.61 Å². The van der Waals surface area contributed by atoms with E-state index >= 15 is 0 Å². The van der Waals surface area contributed by atoms with Gasteiger partial charge in [0.2, 0.25) is 0 Å². The molecule has 1 aromatic carbocycles. The number of aromatic nitrogens is 3. The largest absolute Gasteiger partial charge is 0.392 e. The Morgan fingerprint density at radius 2 is 2.18 bits per heavy atom. The van der Waals surface area contributed by atoms with E-state index in [4.69, 9.17) is 11.6 Å². The van der Waals surface area contributed by atoms with Crippen molar-refractivity contribution in [2.45, 2.75) is 23.6 Å². The van der Waals surface area contributed by atoms with Crippen LogP contribution in [0.15, 0.2) is 28.3 Å². The van der Waals surface area contributed by atoms with Crippen LogP contribution in [0.5, 0.6) is 0 Å². The fourth-order valence-corrected chi connectivity index (χ4v) is 2.64. The van der Waals surface area contributed by atoms with Crippen molar-refractivity contribution in [2.24, 2.45) is 7.05 Å². The average Bonchev–Trinajstić information content (AvgIpc) is 2.61. The van der Waals surface area contributed by atoms with E-state index in [0.29, 0.717) is 5.02 Å². The van der Waals surface area contributed by atoms with Crippen LogP contribution in [0.2, 0.25) is 5.02 Å². The zero-order valence-electron chi connectivity index (χ0n) is 9.51. The van der Waals surface area contributed by atoms with Crippen LogP contribution < -0.4 is 0 Å². The predicted molar refractivity (Wildman–Crippen MR) is 67.2 cm³/mol. The molecule has 0 saturated carbocycles. The van der Waals surface area contributed by atoms with E-state index in [2.05, 4.69) is 10.2 Å². The molecule has 17 heavy (non-hydrogen) atoms. The van der Waals surface area contributed by atoms with Gasteiger partial charge < -0.3 is 9.67 Å². The van der Waals surface area contributed by atoms with E-state index in [1.54, 1.807) is 6.07 Å². The topological polar surface area (TPSA) is 50.9 Å². The standard InChI is InChI=1S/C11H12ClN3OS/c1-7-13-14-11(15(7)2)17-10-5-3-4-9(12)8(10)6-16/h3-5,16H,6H2,1-2H3. The summed E-state index contributed by atoms with van der Waals surface area (Å²) in [5, 5.41) is 18.7. The Labute approximate surface area is 109 Å². The highest BCUT2D eigenvalue weighted by molar-refractivity contribution is 7.99. The molecule has 1 N–H and O–H groups in total. The van der Waals surface area contributed by atoms with Crippen molar-refractivity contribution in [3.05, 3.63) is 34.6 Å². The molecular weight excluding hydrogens is 258 g/mol. The first kappa shape index (κ1) is 12.4. The number of rotatable bonds is 3. The van der Waals surface area contributed by atoms with Gasteiger partial charge in [0, 0.05) is 22.5 Å². The molecule has 0 spiro atoms. The molecule has 0 amide bonds. The molecule has 0 radical (unpaired) electrons. The lowest BCUT2D eigenvalue weighted by molar-refractivity contribution is 0.279. The minimum atomic E-state index is -0.0845. The lowest BCUT2D eigenvalue weighted by Crippen LogP contribution is -1.95. The van der Waals surface area contributed by atoms with Gasteiger partial charge in [0.05, 0.1) is 6.61 Å². The van der Waals surface area contributed by atoms with Crippen molar-refractivity contribution in [2.75, 3.05) is 0 Å². The molecular formula is C11H12ClN3OS. The van der Waals surface area contributed by atoms with Gasteiger partial charge in [-0.25, -0.2) is 0 Å². The molecule has 2 aromatic rings. The number of aryl methyl sites for hydroxylation is 1. The second-order valence-electron chi connectivity index (χ2n) is 3.57. The van der Waals surface area contributed by atoms with Crippen LogP contribution in [0.25, 0.3) is 0 Å². The summed E-state index contributed by atoms with van der Waals surface area (Å²) in [6.45, 7) is 1.81. The summed E-state index contributed by atoms with van der Waals surface area (Å²) in [6.07, 6.45) is 0. The minimum absolute atomic E-state index is 0.0845. The molecule has 2 rings (SSSR count). The fourth-order valence-electron chi connectivity index (χ4n) is 1.36. The van der Waals surface area contributed by atoms with Crippen molar-refractivity contribution in [1.82, 2.24) is 14.8 Å². The summed E-state index contributed by atoms with van der Waals surface area (Å²) < 4.78 is 1.90. The Bertz CT molecular complexity index is 542. The zero-order valence-corrected chi connectivity index (χ0v) is 11.1. The summed E-state index contributed by atoms with van der Waals surface area (Å²) in [4.78, 5) is 0.899. The molecule has 0 unspecified atom stereocenters. The number of hydrogen-bond donors (Lipinski definition) is 1. The number of hydrogen-bond acceptors (Lipinski definition) is 4. The van der Waals surface area contributed by atoms with Crippen LogP contribution in [0.4, 0.5) is 0 Å². The molecule has 4 nitrogen and oxygen atoms in total. The Kier molecular flexibility index (Phi) is 3.71. The van der Waals surface area contributed by atoms with Crippen molar-refractivity contribution < 1.29 is 5.11 Å². The Hall–Kier alpha value is -1.04. The van der Waals surface area contributed by atoms with Gasteiger partial charge in [-0.2, -0.15) is 0 Å². The molecule has 1 heterocycles. The van der Waals surface area contributed by atoms with Crippen LogP contribution in [0.3, 0.4) is 0 Å². The molecule has 90 valence electrons. The number of aliphatic hydroxyl groups is 1. The molecule has 0 aliphatic heterocycles. The molecule has 1 aromatic heterocycles. The third-order valence-corrected chi connectivity index (χ3v) is 3.98. The lowest BCUT2D eigenvalue weighted by Gasteiger charge is -2.08. The molecule has 0 aliphatic carbocycles. The van der Waals surface area contributed by atoms with Crippen LogP contribution in [0.1, 0.15) is 11.4 Å². The quantitative estimate of drug-likeness (QED) is 0.930. The third kappa shape index (κ3) is 2.46. The second kappa shape index (κ2) is 5.08. The van der Waals surface area contributed by atoms with E-state index < -0.39 is 0 Å². The molecule has 0 fully saturated rings. The van der Waals surface area contributed by atoms with Gasteiger partial charge in [-0.05, 0) is 30.8 Å². The molecule has 0 aliphatic rings. The van der Waals surface area contributed by atoms with Gasteiger partial charge in [-0.1, -0.05) is 17.7 Å². The Morgan fingerprint density at radius 3 is 2.76 bits per heavy atom. The Balaban J connectivity index is 2.36. The van der Waals surface area contributed by atoms with E-state index in [9.17, 15) is 5.11 Å². The maximum absolute atomic E-state index is 9.31. The minimum Gasteiger partial charge on any atom is -0.392 e. The highest BCUT2D eigenvalue weighted by Crippen LogP contribution is 2.32. The summed E-state index contributed by atoms with van der Waals surface area (Å²) >= 11 is 7.47. The van der Waals surface area contributed by atoms with Gasteiger partial charge in [0.1, 0.15) is 5.82 Å². The first-order valence-electron chi connectivity index (χ1n) is 5.05. The van der Waals surface area contributed by atoms with Crippen molar-refractivity contribution in [3.8, 4) is 0 Å². The lowest BCUT2D eigenvalue weighted by atomic mass is 10.2. The summed E-state index contributed by atoms with van der Waals surface area (Å²) in [7, 11) is 1.90. The first-order valence-corrected chi connectivity index (χ1v) is 6.25. The van der Waals surface area contributed by atoms with Crippen LogP contribution in [0, 0.1) is 6.92 Å². The normalized spacial score (nSPS) is 10.8. The summed E-state index contributed by atoms with van der Waals surface area (Å²) in [6, 6.07) is 5.53. The van der Waals surface area contributed by atoms with E-state index in [1.165, 1.54) is 11.8 Å². The molecule has 0 saturated heterocycles. The van der Waals surface area contributed by atoms with Crippen LogP contribution in [-0.4, -0.2) is 19.9 Å². The van der Waals surface area contributed by atoms with Crippen molar-refractivity contribution >= 4 is 23.4 Å². The van der Waals surface area contributed by atoms with Gasteiger partial charge in [0.25, 0.3) is 0 Å². The SMILES string of the molecule is Cc1nnc(Sc2cccc(Cl)c2CO)n1C. The number of nitrogens with zero attached hydrogens (tertiary/aromatic N) is 3. The van der Waals surface area contributed by atoms with Crippen LogP contribution >= 0.6 is 23.4 Å². The van der Waals surface area contributed by atoms with E-state index in [0.717, 1.165) is 21.4 Å². The molecule has 0 atom stereocenters. The monoisotopic (exact) mass is 269 g/mol. The van der Waals surface area contributed by atoms with Gasteiger partial charge >= 0.3 is 0 Å². The van der Waals surface area contributed by atoms with Gasteiger partial charge in [0.15, 0.2) is 5.16 Å². The average molecular weight is 270 g/mol. The third-order valence-electron chi connectivity index (χ3n) is 2.49. The number of benzene rings is 1.